The average Bonchev–Trinajstić information content (AvgIpc) is 3.24. The zero-order chi connectivity index (χ0) is 15.9. The molecule has 0 saturated heterocycles. The van der Waals surface area contributed by atoms with Gasteiger partial charge in [-0.1, -0.05) is 19.1 Å². The van der Waals surface area contributed by atoms with Crippen LogP contribution in [0.15, 0.2) is 24.3 Å². The number of alkyl halides is 2. The smallest absolute Gasteiger partial charge is 0.387 e. The lowest BCUT2D eigenvalue weighted by Gasteiger charge is -2.21. The molecule has 0 spiro atoms. The van der Waals surface area contributed by atoms with Gasteiger partial charge in [0.15, 0.2) is 0 Å². The highest BCUT2D eigenvalue weighted by molar-refractivity contribution is 5.93. The summed E-state index contributed by atoms with van der Waals surface area (Å²) in [5, 5.41) is 2.66. The minimum Gasteiger partial charge on any atom is -0.433 e. The van der Waals surface area contributed by atoms with Crippen LogP contribution in [-0.4, -0.2) is 37.1 Å². The first kappa shape index (κ1) is 16.7. The molecule has 1 aliphatic carbocycles. The zero-order valence-corrected chi connectivity index (χ0v) is 12.7. The van der Waals surface area contributed by atoms with Crippen LogP contribution in [0.2, 0.25) is 0 Å². The van der Waals surface area contributed by atoms with Crippen LogP contribution in [-0.2, 0) is 4.79 Å². The first-order chi connectivity index (χ1) is 10.6. The molecule has 0 radical (unpaired) electrons. The van der Waals surface area contributed by atoms with Crippen molar-refractivity contribution in [2.75, 3.05) is 25.0 Å². The first-order valence-electron chi connectivity index (χ1n) is 7.64. The number of benzene rings is 1. The number of nitrogens with zero attached hydrogens (tertiary/aromatic N) is 1. The number of anilines is 1. The van der Waals surface area contributed by atoms with Gasteiger partial charge in [-0.15, -0.1) is 0 Å². The molecule has 6 heteroatoms. The van der Waals surface area contributed by atoms with Gasteiger partial charge in [-0.3, -0.25) is 9.69 Å². The number of hydrogen-bond donors (Lipinski definition) is 1. The normalized spacial score (nSPS) is 14.4. The molecule has 1 aliphatic rings. The maximum Gasteiger partial charge on any atom is 0.387 e. The molecule has 1 aromatic rings. The Kier molecular flexibility index (Phi) is 6.12. The van der Waals surface area contributed by atoms with Crippen molar-refractivity contribution < 1.29 is 18.3 Å². The van der Waals surface area contributed by atoms with Crippen molar-refractivity contribution in [3.8, 4) is 5.75 Å². The molecule has 1 saturated carbocycles. The fraction of sp³-hybridized carbons (Fsp3) is 0.562. The Bertz CT molecular complexity index is 493. The van der Waals surface area contributed by atoms with Gasteiger partial charge in [0.25, 0.3) is 0 Å². The van der Waals surface area contributed by atoms with Crippen LogP contribution < -0.4 is 10.1 Å². The predicted octanol–water partition coefficient (Wildman–Crippen LogP) is 3.35. The van der Waals surface area contributed by atoms with Gasteiger partial charge in [0.05, 0.1) is 12.2 Å². The number of amides is 1. The topological polar surface area (TPSA) is 41.6 Å². The van der Waals surface area contributed by atoms with Gasteiger partial charge in [-0.2, -0.15) is 8.78 Å². The average molecular weight is 312 g/mol. The zero-order valence-electron chi connectivity index (χ0n) is 12.7. The van der Waals surface area contributed by atoms with Crippen LogP contribution in [0.25, 0.3) is 0 Å². The van der Waals surface area contributed by atoms with E-state index in [0.717, 1.165) is 19.5 Å². The Hall–Kier alpha value is -1.69. The predicted molar refractivity (Wildman–Crippen MR) is 81.2 cm³/mol. The maximum atomic E-state index is 12.4. The summed E-state index contributed by atoms with van der Waals surface area (Å²) < 4.78 is 29.1. The van der Waals surface area contributed by atoms with E-state index >= 15 is 0 Å². The largest absolute Gasteiger partial charge is 0.433 e. The van der Waals surface area contributed by atoms with Crippen LogP contribution in [0, 0.1) is 5.92 Å². The highest BCUT2D eigenvalue weighted by Crippen LogP contribution is 2.30. The molecule has 0 atom stereocenters. The number of hydrogen-bond acceptors (Lipinski definition) is 3. The number of carbonyl (C=O) groups excluding carboxylic acids is 1. The van der Waals surface area contributed by atoms with E-state index in [2.05, 4.69) is 21.9 Å². The Morgan fingerprint density at radius 1 is 1.41 bits per heavy atom. The summed E-state index contributed by atoms with van der Waals surface area (Å²) in [7, 11) is 0. The van der Waals surface area contributed by atoms with E-state index in [1.165, 1.54) is 18.9 Å². The molecule has 122 valence electrons. The van der Waals surface area contributed by atoms with E-state index < -0.39 is 6.61 Å². The second-order valence-corrected chi connectivity index (χ2v) is 5.60. The third-order valence-corrected chi connectivity index (χ3v) is 3.50. The Balaban J connectivity index is 1.92. The van der Waals surface area contributed by atoms with Crippen LogP contribution in [0.3, 0.4) is 0 Å². The van der Waals surface area contributed by atoms with E-state index in [0.29, 0.717) is 5.92 Å². The van der Waals surface area contributed by atoms with E-state index in [4.69, 9.17) is 0 Å². The number of ether oxygens (including phenoxy) is 1. The van der Waals surface area contributed by atoms with Gasteiger partial charge in [-0.05, 0) is 43.9 Å². The summed E-state index contributed by atoms with van der Waals surface area (Å²) >= 11 is 0. The second kappa shape index (κ2) is 8.08. The van der Waals surface area contributed by atoms with E-state index in [1.807, 2.05) is 0 Å². The summed E-state index contributed by atoms with van der Waals surface area (Å²) in [6, 6.07) is 6.22. The van der Waals surface area contributed by atoms with Gasteiger partial charge in [-0.25, -0.2) is 0 Å². The van der Waals surface area contributed by atoms with E-state index in [1.54, 1.807) is 18.2 Å². The van der Waals surface area contributed by atoms with Crippen molar-refractivity contribution in [3.05, 3.63) is 24.3 Å². The van der Waals surface area contributed by atoms with Crippen LogP contribution in [0.5, 0.6) is 5.75 Å². The van der Waals surface area contributed by atoms with Crippen molar-refractivity contribution in [1.82, 2.24) is 4.90 Å². The van der Waals surface area contributed by atoms with Gasteiger partial charge < -0.3 is 10.1 Å². The van der Waals surface area contributed by atoms with Crippen molar-refractivity contribution in [2.45, 2.75) is 32.8 Å². The fourth-order valence-corrected chi connectivity index (χ4v) is 2.38. The molecule has 0 unspecified atom stereocenters. The molecular weight excluding hydrogens is 290 g/mol. The molecule has 0 aliphatic heterocycles. The van der Waals surface area contributed by atoms with Crippen LogP contribution in [0.4, 0.5) is 14.5 Å². The third-order valence-electron chi connectivity index (χ3n) is 3.50. The van der Waals surface area contributed by atoms with Gasteiger partial charge >= 0.3 is 6.61 Å². The van der Waals surface area contributed by atoms with Gasteiger partial charge in [0.1, 0.15) is 5.75 Å². The van der Waals surface area contributed by atoms with Crippen molar-refractivity contribution in [3.63, 3.8) is 0 Å². The molecule has 1 amide bonds. The summed E-state index contributed by atoms with van der Waals surface area (Å²) in [4.78, 5) is 14.3. The highest BCUT2D eigenvalue weighted by atomic mass is 19.3. The van der Waals surface area contributed by atoms with E-state index in [-0.39, 0.29) is 23.9 Å². The fourth-order valence-electron chi connectivity index (χ4n) is 2.38. The first-order valence-corrected chi connectivity index (χ1v) is 7.64. The number of carbonyl (C=O) groups is 1. The number of nitrogens with one attached hydrogen (secondary N) is 1. The standard InChI is InChI=1S/C16H22F2N2O2/c1-2-9-20(10-12-7-8-12)11-15(21)19-13-5-3-4-6-14(13)22-16(17)18/h3-6,12,16H,2,7-11H2,1H3,(H,19,21). The SMILES string of the molecule is CCCN(CC(=O)Nc1ccccc1OC(F)F)CC1CC1. The lowest BCUT2D eigenvalue weighted by Crippen LogP contribution is -2.35. The van der Waals surface area contributed by atoms with E-state index in [9.17, 15) is 13.6 Å². The molecule has 0 heterocycles. The van der Waals surface area contributed by atoms with Gasteiger partial charge in [0, 0.05) is 6.54 Å². The van der Waals surface area contributed by atoms with Gasteiger partial charge in [0.2, 0.25) is 5.91 Å². The molecule has 0 aromatic heterocycles. The Labute approximate surface area is 129 Å². The molecular formula is C16H22F2N2O2. The van der Waals surface area contributed by atoms with Crippen LogP contribution in [0.1, 0.15) is 26.2 Å². The minimum absolute atomic E-state index is 0.0184. The van der Waals surface area contributed by atoms with Crippen molar-refractivity contribution >= 4 is 11.6 Å². The summed E-state index contributed by atoms with van der Waals surface area (Å²) in [6.07, 6.45) is 3.44. The molecule has 1 aromatic carbocycles. The lowest BCUT2D eigenvalue weighted by atomic mass is 10.3. The summed E-state index contributed by atoms with van der Waals surface area (Å²) in [6.45, 7) is 1.22. The quantitative estimate of drug-likeness (QED) is 0.760. The molecule has 4 nitrogen and oxygen atoms in total. The third kappa shape index (κ3) is 5.60. The molecule has 1 fully saturated rings. The summed E-state index contributed by atoms with van der Waals surface area (Å²) in [5.41, 5.74) is 0.274. The number of halogens is 2. The molecule has 22 heavy (non-hydrogen) atoms. The maximum absolute atomic E-state index is 12.4. The highest BCUT2D eigenvalue weighted by Gasteiger charge is 2.25. The Morgan fingerprint density at radius 3 is 2.77 bits per heavy atom. The monoisotopic (exact) mass is 312 g/mol. The van der Waals surface area contributed by atoms with Crippen molar-refractivity contribution in [2.24, 2.45) is 5.92 Å². The summed E-state index contributed by atoms with van der Waals surface area (Å²) in [5.74, 6) is 0.475. The molecule has 1 N–H and O–H groups in total. The lowest BCUT2D eigenvalue weighted by molar-refractivity contribution is -0.117. The molecule has 2 rings (SSSR count). The molecule has 0 bridgehead atoms. The number of rotatable bonds is 9. The number of para-hydroxylation sites is 2. The van der Waals surface area contributed by atoms with Crippen molar-refractivity contribution in [1.29, 1.82) is 0 Å². The second-order valence-electron chi connectivity index (χ2n) is 5.60. The minimum atomic E-state index is -2.91. The van der Waals surface area contributed by atoms with Crippen LogP contribution >= 0.6 is 0 Å². The Morgan fingerprint density at radius 2 is 2.14 bits per heavy atom.